The molecular weight excluding hydrogens is 224 g/mol. The van der Waals surface area contributed by atoms with E-state index in [9.17, 15) is 8.78 Å². The van der Waals surface area contributed by atoms with Crippen LogP contribution in [0.15, 0.2) is 30.6 Å². The van der Waals surface area contributed by atoms with Crippen LogP contribution in [0, 0.1) is 11.6 Å². The molecule has 17 heavy (non-hydrogen) atoms. The van der Waals surface area contributed by atoms with Crippen LogP contribution in [0.5, 0.6) is 0 Å². The molecule has 0 amide bonds. The molecule has 1 aromatic heterocycles. The Kier molecular flexibility index (Phi) is 3.39. The van der Waals surface area contributed by atoms with E-state index in [-0.39, 0.29) is 5.56 Å². The lowest BCUT2D eigenvalue weighted by Gasteiger charge is -2.03. The average Bonchev–Trinajstić information content (AvgIpc) is 2.31. The van der Waals surface area contributed by atoms with Crippen molar-refractivity contribution in [3.63, 3.8) is 0 Å². The Hall–Kier alpha value is -1.88. The lowest BCUT2D eigenvalue weighted by molar-refractivity contribution is 0.585. The highest BCUT2D eigenvalue weighted by Gasteiger charge is 2.07. The van der Waals surface area contributed by atoms with Gasteiger partial charge in [0.2, 0.25) is 0 Å². The minimum atomic E-state index is -0.625. The first-order chi connectivity index (χ1) is 8.20. The van der Waals surface area contributed by atoms with Crippen LogP contribution in [-0.4, -0.2) is 16.5 Å². The molecule has 0 fully saturated rings. The standard InChI is InChI=1S/C12H11F2N3/c13-9-1-2-10(11(14)5-9)8-6-16-12(3-4-15)17-7-8/h1-2,5-7H,3-4,15H2. The van der Waals surface area contributed by atoms with E-state index in [1.54, 1.807) is 0 Å². The van der Waals surface area contributed by atoms with Crippen molar-refractivity contribution in [2.75, 3.05) is 6.54 Å². The highest BCUT2D eigenvalue weighted by Crippen LogP contribution is 2.21. The van der Waals surface area contributed by atoms with Crippen LogP contribution in [0.25, 0.3) is 11.1 Å². The molecule has 88 valence electrons. The van der Waals surface area contributed by atoms with Gasteiger partial charge in [0.15, 0.2) is 0 Å². The summed E-state index contributed by atoms with van der Waals surface area (Å²) in [6.45, 7) is 0.463. The van der Waals surface area contributed by atoms with Gasteiger partial charge in [-0.1, -0.05) is 0 Å². The van der Waals surface area contributed by atoms with E-state index in [0.29, 0.717) is 24.4 Å². The van der Waals surface area contributed by atoms with Gasteiger partial charge in [0.25, 0.3) is 0 Å². The highest BCUT2D eigenvalue weighted by molar-refractivity contribution is 5.62. The first kappa shape index (κ1) is 11.6. The van der Waals surface area contributed by atoms with E-state index in [0.717, 1.165) is 6.07 Å². The first-order valence-electron chi connectivity index (χ1n) is 5.17. The van der Waals surface area contributed by atoms with E-state index < -0.39 is 11.6 Å². The van der Waals surface area contributed by atoms with Gasteiger partial charge >= 0.3 is 0 Å². The van der Waals surface area contributed by atoms with Gasteiger partial charge in [0.1, 0.15) is 17.5 Å². The van der Waals surface area contributed by atoms with Crippen molar-refractivity contribution >= 4 is 0 Å². The maximum absolute atomic E-state index is 13.5. The van der Waals surface area contributed by atoms with Crippen molar-refractivity contribution in [1.82, 2.24) is 9.97 Å². The molecule has 0 atom stereocenters. The van der Waals surface area contributed by atoms with Gasteiger partial charge in [-0.2, -0.15) is 0 Å². The maximum atomic E-state index is 13.5. The van der Waals surface area contributed by atoms with Gasteiger partial charge in [0, 0.05) is 36.0 Å². The minimum absolute atomic E-state index is 0.283. The van der Waals surface area contributed by atoms with Crippen LogP contribution < -0.4 is 5.73 Å². The first-order valence-corrected chi connectivity index (χ1v) is 5.17. The van der Waals surface area contributed by atoms with Crippen LogP contribution in [0.4, 0.5) is 8.78 Å². The van der Waals surface area contributed by atoms with Crippen molar-refractivity contribution in [3.05, 3.63) is 48.1 Å². The monoisotopic (exact) mass is 235 g/mol. The van der Waals surface area contributed by atoms with Gasteiger partial charge in [-0.05, 0) is 18.7 Å². The predicted molar refractivity (Wildman–Crippen MR) is 60.1 cm³/mol. The fourth-order valence-corrected chi connectivity index (χ4v) is 1.48. The second-order valence-corrected chi connectivity index (χ2v) is 3.55. The summed E-state index contributed by atoms with van der Waals surface area (Å²) < 4.78 is 26.2. The summed E-state index contributed by atoms with van der Waals surface area (Å²) in [5.41, 5.74) is 6.17. The Labute approximate surface area is 97.3 Å². The molecule has 0 spiro atoms. The maximum Gasteiger partial charge on any atom is 0.134 e. The molecule has 2 rings (SSSR count). The number of halogens is 2. The van der Waals surface area contributed by atoms with Crippen LogP contribution in [0.1, 0.15) is 5.82 Å². The molecule has 1 aromatic carbocycles. The Morgan fingerprint density at radius 1 is 1.12 bits per heavy atom. The minimum Gasteiger partial charge on any atom is -0.330 e. The quantitative estimate of drug-likeness (QED) is 0.884. The summed E-state index contributed by atoms with van der Waals surface area (Å²) in [5.74, 6) is -0.620. The molecule has 0 aliphatic heterocycles. The van der Waals surface area contributed by atoms with E-state index in [4.69, 9.17) is 5.73 Å². The second kappa shape index (κ2) is 4.97. The third-order valence-corrected chi connectivity index (χ3v) is 2.32. The SMILES string of the molecule is NCCc1ncc(-c2ccc(F)cc2F)cn1. The van der Waals surface area contributed by atoms with Gasteiger partial charge in [-0.3, -0.25) is 0 Å². The zero-order valence-corrected chi connectivity index (χ0v) is 9.03. The summed E-state index contributed by atoms with van der Waals surface area (Å²) in [5, 5.41) is 0. The molecule has 0 saturated heterocycles. The van der Waals surface area contributed by atoms with E-state index >= 15 is 0 Å². The van der Waals surface area contributed by atoms with Gasteiger partial charge in [0.05, 0.1) is 0 Å². The number of hydrogen-bond acceptors (Lipinski definition) is 3. The number of nitrogens with zero attached hydrogens (tertiary/aromatic N) is 2. The van der Waals surface area contributed by atoms with Crippen molar-refractivity contribution in [3.8, 4) is 11.1 Å². The number of aromatic nitrogens is 2. The lowest BCUT2D eigenvalue weighted by atomic mass is 10.1. The van der Waals surface area contributed by atoms with Gasteiger partial charge in [-0.15, -0.1) is 0 Å². The molecule has 2 aromatic rings. The molecule has 2 N–H and O–H groups in total. The van der Waals surface area contributed by atoms with Crippen molar-refractivity contribution in [1.29, 1.82) is 0 Å². The Morgan fingerprint density at radius 3 is 2.41 bits per heavy atom. The normalized spacial score (nSPS) is 10.5. The predicted octanol–water partition coefficient (Wildman–Crippen LogP) is 1.92. The number of benzene rings is 1. The summed E-state index contributed by atoms with van der Waals surface area (Å²) in [6, 6.07) is 3.40. The molecular formula is C12H11F2N3. The smallest absolute Gasteiger partial charge is 0.134 e. The third kappa shape index (κ3) is 2.62. The third-order valence-electron chi connectivity index (χ3n) is 2.32. The molecule has 0 bridgehead atoms. The summed E-state index contributed by atoms with van der Waals surface area (Å²) in [6.07, 6.45) is 3.59. The van der Waals surface area contributed by atoms with E-state index in [2.05, 4.69) is 9.97 Å². The van der Waals surface area contributed by atoms with E-state index in [1.807, 2.05) is 0 Å². The topological polar surface area (TPSA) is 51.8 Å². The molecule has 1 heterocycles. The van der Waals surface area contributed by atoms with Crippen molar-refractivity contribution in [2.45, 2.75) is 6.42 Å². The fraction of sp³-hybridized carbons (Fsp3) is 0.167. The summed E-state index contributed by atoms with van der Waals surface area (Å²) >= 11 is 0. The van der Waals surface area contributed by atoms with Crippen LogP contribution in [0.3, 0.4) is 0 Å². The van der Waals surface area contributed by atoms with E-state index in [1.165, 1.54) is 24.5 Å². The second-order valence-electron chi connectivity index (χ2n) is 3.55. The molecule has 0 radical (unpaired) electrons. The largest absolute Gasteiger partial charge is 0.330 e. The summed E-state index contributed by atoms with van der Waals surface area (Å²) in [7, 11) is 0. The Bertz CT molecular complexity index is 512. The molecule has 5 heteroatoms. The highest BCUT2D eigenvalue weighted by atomic mass is 19.1. The Morgan fingerprint density at radius 2 is 1.82 bits per heavy atom. The van der Waals surface area contributed by atoms with Crippen molar-refractivity contribution in [2.24, 2.45) is 5.73 Å². The van der Waals surface area contributed by atoms with Crippen molar-refractivity contribution < 1.29 is 8.78 Å². The Balaban J connectivity index is 2.33. The molecule has 0 aliphatic rings. The van der Waals surface area contributed by atoms with Crippen LogP contribution in [0.2, 0.25) is 0 Å². The van der Waals surface area contributed by atoms with Gasteiger partial charge < -0.3 is 5.73 Å². The van der Waals surface area contributed by atoms with Crippen LogP contribution >= 0.6 is 0 Å². The molecule has 0 aliphatic carbocycles. The number of hydrogen-bond donors (Lipinski definition) is 1. The zero-order valence-electron chi connectivity index (χ0n) is 9.03. The molecule has 0 saturated carbocycles. The summed E-state index contributed by atoms with van der Waals surface area (Å²) in [4.78, 5) is 8.11. The zero-order chi connectivity index (χ0) is 12.3. The lowest BCUT2D eigenvalue weighted by Crippen LogP contribution is -2.06. The number of rotatable bonds is 3. The molecule has 0 unspecified atom stereocenters. The van der Waals surface area contributed by atoms with Crippen LogP contribution in [-0.2, 0) is 6.42 Å². The molecule has 3 nitrogen and oxygen atoms in total. The fourth-order valence-electron chi connectivity index (χ4n) is 1.48. The number of nitrogens with two attached hydrogens (primary N) is 1. The average molecular weight is 235 g/mol. The van der Waals surface area contributed by atoms with Gasteiger partial charge in [-0.25, -0.2) is 18.7 Å².